The highest BCUT2D eigenvalue weighted by molar-refractivity contribution is 9.10. The predicted molar refractivity (Wildman–Crippen MR) is 40.8 cm³/mol. The highest BCUT2D eigenvalue weighted by Crippen LogP contribution is 2.28. The van der Waals surface area contributed by atoms with Gasteiger partial charge in [-0.1, -0.05) is 11.6 Å². The Balaban J connectivity index is 3.28. The summed E-state index contributed by atoms with van der Waals surface area (Å²) < 4.78 is 12.8. The van der Waals surface area contributed by atoms with E-state index >= 15 is 0 Å². The third kappa shape index (κ3) is 1.41. The van der Waals surface area contributed by atoms with E-state index in [1.54, 1.807) is 0 Å². The standard InChI is InChI=1S/C6H3BrClFO/c7-3-1-5(9)4(8)2-6(3)10/h1-2,10H. The molecule has 0 aromatic heterocycles. The van der Waals surface area contributed by atoms with Crippen LogP contribution in [0.15, 0.2) is 16.6 Å². The summed E-state index contributed by atoms with van der Waals surface area (Å²) in [5, 5.41) is 8.84. The van der Waals surface area contributed by atoms with Crippen molar-refractivity contribution in [2.45, 2.75) is 0 Å². The van der Waals surface area contributed by atoms with Gasteiger partial charge in [0.2, 0.25) is 0 Å². The molecule has 1 rings (SSSR count). The van der Waals surface area contributed by atoms with Crippen LogP contribution < -0.4 is 0 Å². The van der Waals surface area contributed by atoms with E-state index in [1.807, 2.05) is 0 Å². The van der Waals surface area contributed by atoms with Crippen molar-refractivity contribution in [3.8, 4) is 5.75 Å². The zero-order chi connectivity index (χ0) is 7.72. The van der Waals surface area contributed by atoms with Crippen molar-refractivity contribution in [1.29, 1.82) is 0 Å². The van der Waals surface area contributed by atoms with E-state index < -0.39 is 5.82 Å². The Morgan fingerprint density at radius 2 is 2.10 bits per heavy atom. The number of rotatable bonds is 0. The van der Waals surface area contributed by atoms with Gasteiger partial charge in [0, 0.05) is 6.07 Å². The minimum Gasteiger partial charge on any atom is -0.507 e. The van der Waals surface area contributed by atoms with E-state index in [0.717, 1.165) is 12.1 Å². The third-order valence-corrected chi connectivity index (χ3v) is 1.91. The van der Waals surface area contributed by atoms with Crippen LogP contribution in [0.2, 0.25) is 5.02 Å². The lowest BCUT2D eigenvalue weighted by molar-refractivity contribution is 0.469. The van der Waals surface area contributed by atoms with Crippen molar-refractivity contribution < 1.29 is 9.50 Å². The van der Waals surface area contributed by atoms with Gasteiger partial charge in [-0.05, 0) is 22.0 Å². The Labute approximate surface area is 70.6 Å². The molecule has 4 heteroatoms. The number of phenolic OH excluding ortho intramolecular Hbond substituents is 1. The van der Waals surface area contributed by atoms with Gasteiger partial charge in [-0.25, -0.2) is 4.39 Å². The molecule has 0 spiro atoms. The number of phenols is 1. The van der Waals surface area contributed by atoms with Crippen LogP contribution in [-0.2, 0) is 0 Å². The maximum atomic E-state index is 12.5. The van der Waals surface area contributed by atoms with E-state index in [2.05, 4.69) is 15.9 Å². The fourth-order valence-corrected chi connectivity index (χ4v) is 0.985. The number of halogens is 3. The highest BCUT2D eigenvalue weighted by Gasteiger charge is 2.03. The molecule has 0 unspecified atom stereocenters. The first-order valence-electron chi connectivity index (χ1n) is 2.45. The summed E-state index contributed by atoms with van der Waals surface area (Å²) in [4.78, 5) is 0. The Hall–Kier alpha value is -0.280. The van der Waals surface area contributed by atoms with Gasteiger partial charge < -0.3 is 5.11 Å². The molecule has 0 aliphatic heterocycles. The third-order valence-electron chi connectivity index (χ3n) is 0.990. The predicted octanol–water partition coefficient (Wildman–Crippen LogP) is 2.95. The Kier molecular flexibility index (Phi) is 2.16. The molecule has 0 saturated heterocycles. The summed E-state index contributed by atoms with van der Waals surface area (Å²) in [5.41, 5.74) is 0. The molecule has 1 aromatic carbocycles. The Bertz CT molecular complexity index is 214. The van der Waals surface area contributed by atoms with Crippen LogP contribution in [0.25, 0.3) is 0 Å². The quantitative estimate of drug-likeness (QED) is 0.673. The maximum absolute atomic E-state index is 12.5. The molecule has 0 atom stereocenters. The molecule has 0 aliphatic carbocycles. The highest BCUT2D eigenvalue weighted by atomic mass is 79.9. The van der Waals surface area contributed by atoms with Crippen molar-refractivity contribution in [3.63, 3.8) is 0 Å². The largest absolute Gasteiger partial charge is 0.507 e. The molecular formula is C6H3BrClFO. The maximum Gasteiger partial charge on any atom is 0.143 e. The number of benzene rings is 1. The molecule has 0 amide bonds. The number of hydrogen-bond donors (Lipinski definition) is 1. The van der Waals surface area contributed by atoms with Crippen LogP contribution >= 0.6 is 27.5 Å². The monoisotopic (exact) mass is 224 g/mol. The molecule has 0 aliphatic rings. The van der Waals surface area contributed by atoms with Gasteiger partial charge in [0.05, 0.1) is 9.50 Å². The molecule has 0 saturated carbocycles. The fraction of sp³-hybridized carbons (Fsp3) is 0. The van der Waals surface area contributed by atoms with Gasteiger partial charge in [-0.15, -0.1) is 0 Å². The van der Waals surface area contributed by atoms with E-state index in [4.69, 9.17) is 16.7 Å². The van der Waals surface area contributed by atoms with Crippen LogP contribution in [0, 0.1) is 5.82 Å². The van der Waals surface area contributed by atoms with Crippen molar-refractivity contribution in [2.24, 2.45) is 0 Å². The van der Waals surface area contributed by atoms with Crippen molar-refractivity contribution >= 4 is 27.5 Å². The van der Waals surface area contributed by atoms with Crippen molar-refractivity contribution in [1.82, 2.24) is 0 Å². The average Bonchev–Trinajstić information content (AvgIpc) is 1.84. The molecule has 0 radical (unpaired) electrons. The summed E-state index contributed by atoms with van der Waals surface area (Å²) >= 11 is 8.26. The summed E-state index contributed by atoms with van der Waals surface area (Å²) in [6, 6.07) is 2.25. The van der Waals surface area contributed by atoms with Crippen LogP contribution in [0.5, 0.6) is 5.75 Å². The second-order valence-corrected chi connectivity index (χ2v) is 2.98. The van der Waals surface area contributed by atoms with E-state index in [9.17, 15) is 4.39 Å². The summed E-state index contributed by atoms with van der Waals surface area (Å²) in [6.07, 6.45) is 0. The van der Waals surface area contributed by atoms with Crippen molar-refractivity contribution in [2.75, 3.05) is 0 Å². The lowest BCUT2D eigenvalue weighted by Gasteiger charge is -1.97. The first-order chi connectivity index (χ1) is 4.61. The first kappa shape index (κ1) is 7.82. The number of aromatic hydroxyl groups is 1. The summed E-state index contributed by atoms with van der Waals surface area (Å²) in [6.45, 7) is 0. The molecule has 0 bridgehead atoms. The zero-order valence-corrected chi connectivity index (χ0v) is 7.08. The fourth-order valence-electron chi connectivity index (χ4n) is 0.512. The molecule has 1 aromatic rings. The van der Waals surface area contributed by atoms with E-state index in [1.165, 1.54) is 0 Å². The minimum atomic E-state index is -0.550. The number of hydrogen-bond acceptors (Lipinski definition) is 1. The van der Waals surface area contributed by atoms with Crippen LogP contribution in [0.1, 0.15) is 0 Å². The first-order valence-corrected chi connectivity index (χ1v) is 3.62. The van der Waals surface area contributed by atoms with Gasteiger partial charge in [-0.3, -0.25) is 0 Å². The molecule has 0 fully saturated rings. The Morgan fingerprint density at radius 1 is 1.50 bits per heavy atom. The summed E-state index contributed by atoms with van der Waals surface area (Å²) in [7, 11) is 0. The van der Waals surface area contributed by atoms with E-state index in [0.29, 0.717) is 4.47 Å². The van der Waals surface area contributed by atoms with Crippen LogP contribution in [0.4, 0.5) is 4.39 Å². The van der Waals surface area contributed by atoms with Gasteiger partial charge in [0.15, 0.2) is 0 Å². The lowest BCUT2D eigenvalue weighted by atomic mass is 10.3. The smallest absolute Gasteiger partial charge is 0.143 e. The lowest BCUT2D eigenvalue weighted by Crippen LogP contribution is -1.76. The minimum absolute atomic E-state index is 0.0635. The molecule has 0 heterocycles. The van der Waals surface area contributed by atoms with Gasteiger partial charge in [0.25, 0.3) is 0 Å². The second kappa shape index (κ2) is 2.76. The van der Waals surface area contributed by atoms with Gasteiger partial charge >= 0.3 is 0 Å². The zero-order valence-electron chi connectivity index (χ0n) is 4.74. The molecule has 10 heavy (non-hydrogen) atoms. The van der Waals surface area contributed by atoms with Gasteiger partial charge in [-0.2, -0.15) is 0 Å². The van der Waals surface area contributed by atoms with Crippen LogP contribution in [0.3, 0.4) is 0 Å². The molecular weight excluding hydrogens is 222 g/mol. The van der Waals surface area contributed by atoms with E-state index in [-0.39, 0.29) is 10.8 Å². The molecule has 54 valence electrons. The Morgan fingerprint density at radius 3 is 2.60 bits per heavy atom. The SMILES string of the molecule is Oc1cc(Cl)c(F)cc1Br. The normalized spacial score (nSPS) is 9.90. The second-order valence-electron chi connectivity index (χ2n) is 1.72. The average molecular weight is 225 g/mol. The molecule has 1 N–H and O–H groups in total. The summed E-state index contributed by atoms with van der Waals surface area (Å²) in [5.74, 6) is -0.613. The van der Waals surface area contributed by atoms with Gasteiger partial charge in [0.1, 0.15) is 11.6 Å². The van der Waals surface area contributed by atoms with Crippen molar-refractivity contribution in [3.05, 3.63) is 27.4 Å². The van der Waals surface area contributed by atoms with Crippen LogP contribution in [-0.4, -0.2) is 5.11 Å². The topological polar surface area (TPSA) is 20.2 Å². The molecule has 1 nitrogen and oxygen atoms in total.